The highest BCUT2D eigenvalue weighted by Gasteiger charge is 2.22. The predicted octanol–water partition coefficient (Wildman–Crippen LogP) is 3.00. The van der Waals surface area contributed by atoms with Gasteiger partial charge in [-0.25, -0.2) is 9.36 Å². The number of aromatic nitrogens is 1. The topological polar surface area (TPSA) is 57.2 Å². The minimum absolute atomic E-state index is 0.406. The first-order valence-corrected chi connectivity index (χ1v) is 6.40. The maximum Gasteiger partial charge on any atom is 0.419 e. The molecular weight excluding hydrogens is 252 g/mol. The maximum atomic E-state index is 12.4. The molecule has 0 bridgehead atoms. The first-order chi connectivity index (χ1) is 9.35. The largest absolute Gasteiger partial charge is 0.443 e. The lowest BCUT2D eigenvalue weighted by molar-refractivity contribution is 0.0541. The van der Waals surface area contributed by atoms with Crippen LogP contribution in [0.25, 0.3) is 10.9 Å². The molecule has 2 aromatic rings. The van der Waals surface area contributed by atoms with Gasteiger partial charge in [0, 0.05) is 17.1 Å². The van der Waals surface area contributed by atoms with E-state index in [-0.39, 0.29) is 0 Å². The van der Waals surface area contributed by atoms with Crippen molar-refractivity contribution in [1.82, 2.24) is 4.57 Å². The van der Waals surface area contributed by atoms with Crippen molar-refractivity contribution in [1.29, 1.82) is 0 Å². The van der Waals surface area contributed by atoms with E-state index in [0.29, 0.717) is 0 Å². The molecule has 0 fully saturated rings. The van der Waals surface area contributed by atoms with E-state index in [1.807, 2.05) is 52.0 Å². The van der Waals surface area contributed by atoms with Crippen molar-refractivity contribution in [3.63, 3.8) is 0 Å². The number of rotatable bonds is 0. The molecule has 1 aromatic carbocycles. The molecule has 0 aliphatic rings. The fourth-order valence-electron chi connectivity index (χ4n) is 2.14. The fourth-order valence-corrected chi connectivity index (χ4v) is 2.14. The zero-order chi connectivity index (χ0) is 14.9. The van der Waals surface area contributed by atoms with E-state index in [2.05, 4.69) is 12.0 Å². The van der Waals surface area contributed by atoms with Gasteiger partial charge in [-0.15, -0.1) is 0 Å². The number of carbonyl (C=O) groups excluding carboxylic acids is 1. The minimum Gasteiger partial charge on any atom is -0.443 e. The Balaban J connectivity index is 2.66. The zero-order valence-electron chi connectivity index (χ0n) is 12.2. The van der Waals surface area contributed by atoms with Gasteiger partial charge in [0.1, 0.15) is 5.60 Å². The highest BCUT2D eigenvalue weighted by atomic mass is 16.6. The Kier molecular flexibility index (Phi) is 3.46. The average Bonchev–Trinajstić information content (AvgIpc) is 2.61. The Hall–Kier alpha value is -2.41. The summed E-state index contributed by atoms with van der Waals surface area (Å²) in [6.45, 7) is 7.36. The van der Waals surface area contributed by atoms with E-state index in [9.17, 15) is 4.79 Å². The summed E-state index contributed by atoms with van der Waals surface area (Å²) in [5.41, 5.74) is 7.04. The van der Waals surface area contributed by atoms with E-state index in [1.54, 1.807) is 4.57 Å². The Morgan fingerprint density at radius 2 is 1.95 bits per heavy atom. The summed E-state index contributed by atoms with van der Waals surface area (Å²) >= 11 is 0. The van der Waals surface area contributed by atoms with Crippen LogP contribution in [0.15, 0.2) is 24.3 Å². The van der Waals surface area contributed by atoms with Crippen molar-refractivity contribution in [2.45, 2.75) is 33.3 Å². The smallest absolute Gasteiger partial charge is 0.419 e. The van der Waals surface area contributed by atoms with Crippen molar-refractivity contribution in [3.8, 4) is 12.0 Å². The quantitative estimate of drug-likeness (QED) is 0.591. The van der Waals surface area contributed by atoms with Crippen LogP contribution in [0.3, 0.4) is 0 Å². The number of para-hydroxylation sites is 1. The van der Waals surface area contributed by atoms with Gasteiger partial charge in [-0.1, -0.05) is 18.2 Å². The first-order valence-electron chi connectivity index (χ1n) is 6.40. The van der Waals surface area contributed by atoms with Crippen LogP contribution in [0, 0.1) is 18.9 Å². The van der Waals surface area contributed by atoms with Crippen molar-refractivity contribution >= 4 is 17.0 Å². The van der Waals surface area contributed by atoms with Gasteiger partial charge in [0.15, 0.2) is 0 Å². The number of nitrogens with two attached hydrogens (primary N) is 1. The molecule has 0 saturated carbocycles. The summed E-state index contributed by atoms with van der Waals surface area (Å²) in [4.78, 5) is 12.4. The Morgan fingerprint density at radius 3 is 2.55 bits per heavy atom. The second-order valence-corrected chi connectivity index (χ2v) is 5.56. The molecule has 1 aromatic heterocycles. The Morgan fingerprint density at radius 1 is 1.30 bits per heavy atom. The minimum atomic E-state index is -0.547. The SMILES string of the molecule is Cc1c(C#CN)c2ccccc2n1C(=O)OC(C)(C)C. The fraction of sp³-hybridized carbons (Fsp3) is 0.312. The first kappa shape index (κ1) is 14.0. The molecule has 0 saturated heterocycles. The van der Waals surface area contributed by atoms with Gasteiger partial charge in [0.25, 0.3) is 0 Å². The summed E-state index contributed by atoms with van der Waals surface area (Å²) in [7, 11) is 0. The second kappa shape index (κ2) is 4.93. The molecule has 20 heavy (non-hydrogen) atoms. The van der Waals surface area contributed by atoms with E-state index >= 15 is 0 Å². The van der Waals surface area contributed by atoms with Crippen LogP contribution in [0.4, 0.5) is 4.79 Å². The summed E-state index contributed by atoms with van der Waals surface area (Å²) in [6, 6.07) is 9.97. The van der Waals surface area contributed by atoms with Gasteiger partial charge in [-0.2, -0.15) is 0 Å². The monoisotopic (exact) mass is 270 g/mol. The van der Waals surface area contributed by atoms with E-state index in [4.69, 9.17) is 10.5 Å². The zero-order valence-corrected chi connectivity index (χ0v) is 12.2. The van der Waals surface area contributed by atoms with E-state index < -0.39 is 11.7 Å². The molecule has 0 unspecified atom stereocenters. The lowest BCUT2D eigenvalue weighted by Gasteiger charge is -2.20. The van der Waals surface area contributed by atoms with E-state index in [1.165, 1.54) is 0 Å². The van der Waals surface area contributed by atoms with Crippen molar-refractivity contribution in [3.05, 3.63) is 35.5 Å². The second-order valence-electron chi connectivity index (χ2n) is 5.56. The van der Waals surface area contributed by atoms with E-state index in [0.717, 1.165) is 22.2 Å². The van der Waals surface area contributed by atoms with Crippen LogP contribution >= 0.6 is 0 Å². The number of carbonyl (C=O) groups is 1. The molecule has 4 heteroatoms. The third-order valence-electron chi connectivity index (χ3n) is 2.88. The van der Waals surface area contributed by atoms with Gasteiger partial charge in [-0.05, 0) is 39.7 Å². The molecule has 0 spiro atoms. The van der Waals surface area contributed by atoms with Crippen LogP contribution in [0.5, 0.6) is 0 Å². The molecule has 0 aliphatic heterocycles. The van der Waals surface area contributed by atoms with Crippen molar-refractivity contribution in [2.75, 3.05) is 0 Å². The number of nitrogens with zero attached hydrogens (tertiary/aromatic N) is 1. The lowest BCUT2D eigenvalue weighted by atomic mass is 10.1. The number of benzene rings is 1. The van der Waals surface area contributed by atoms with Gasteiger partial charge in [0.2, 0.25) is 0 Å². The molecule has 2 rings (SSSR count). The molecule has 2 N–H and O–H groups in total. The number of fused-ring (bicyclic) bond motifs is 1. The Labute approximate surface area is 118 Å². The van der Waals surface area contributed by atoms with Crippen LogP contribution in [0.1, 0.15) is 32.0 Å². The highest BCUT2D eigenvalue weighted by molar-refractivity contribution is 5.95. The van der Waals surface area contributed by atoms with Crippen LogP contribution in [-0.2, 0) is 4.74 Å². The number of hydrogen-bond acceptors (Lipinski definition) is 3. The molecule has 0 amide bonds. The Bertz CT molecular complexity index is 724. The molecule has 4 nitrogen and oxygen atoms in total. The van der Waals surface area contributed by atoms with Crippen LogP contribution in [0.2, 0.25) is 0 Å². The molecule has 0 aliphatic carbocycles. The molecule has 0 radical (unpaired) electrons. The molecular formula is C16H18N2O2. The third kappa shape index (κ3) is 2.48. The lowest BCUT2D eigenvalue weighted by Crippen LogP contribution is -2.27. The number of ether oxygens (including phenoxy) is 1. The molecule has 104 valence electrons. The molecule has 0 atom stereocenters. The number of hydrogen-bond donors (Lipinski definition) is 1. The third-order valence-corrected chi connectivity index (χ3v) is 2.88. The summed E-state index contributed by atoms with van der Waals surface area (Å²) in [5, 5.41) is 0.897. The van der Waals surface area contributed by atoms with Crippen LogP contribution in [-0.4, -0.2) is 16.3 Å². The highest BCUT2D eigenvalue weighted by Crippen LogP contribution is 2.26. The van der Waals surface area contributed by atoms with Gasteiger partial charge in [-0.3, -0.25) is 0 Å². The summed E-state index contributed by atoms with van der Waals surface area (Å²) in [6.07, 6.45) is -0.406. The van der Waals surface area contributed by atoms with Crippen LogP contribution < -0.4 is 5.73 Å². The summed E-state index contributed by atoms with van der Waals surface area (Å²) in [5.74, 6) is 2.86. The van der Waals surface area contributed by atoms with Gasteiger partial charge in [0.05, 0.1) is 11.1 Å². The summed E-state index contributed by atoms with van der Waals surface area (Å²) < 4.78 is 6.99. The maximum absolute atomic E-state index is 12.4. The predicted molar refractivity (Wildman–Crippen MR) is 79.4 cm³/mol. The molecule has 1 heterocycles. The standard InChI is InChI=1S/C16H18N2O2/c1-11-12(9-10-17)13-7-5-6-8-14(13)18(11)15(19)20-16(2,3)4/h5-8H,17H2,1-4H3. The normalized spacial score (nSPS) is 11.0. The van der Waals surface area contributed by atoms with Gasteiger partial charge >= 0.3 is 6.09 Å². The average molecular weight is 270 g/mol. The van der Waals surface area contributed by atoms with Crippen molar-refractivity contribution < 1.29 is 9.53 Å². The van der Waals surface area contributed by atoms with Crippen molar-refractivity contribution in [2.24, 2.45) is 5.73 Å². The van der Waals surface area contributed by atoms with Gasteiger partial charge < -0.3 is 10.5 Å².